The third-order valence-electron chi connectivity index (χ3n) is 3.22. The fourth-order valence-electron chi connectivity index (χ4n) is 2.35. The van der Waals surface area contributed by atoms with Crippen LogP contribution in [-0.2, 0) is 4.79 Å². The van der Waals surface area contributed by atoms with Crippen molar-refractivity contribution in [2.45, 2.75) is 12.8 Å². The predicted octanol–water partition coefficient (Wildman–Crippen LogP) is 1.69. The molecule has 16 heavy (non-hydrogen) atoms. The van der Waals surface area contributed by atoms with Crippen LogP contribution in [0.25, 0.3) is 0 Å². The first-order valence-electron chi connectivity index (χ1n) is 5.49. The molecule has 1 aliphatic carbocycles. The summed E-state index contributed by atoms with van der Waals surface area (Å²) in [6.45, 7) is 4.77. The van der Waals surface area contributed by atoms with E-state index in [-0.39, 0.29) is 5.78 Å². The molecule has 0 aromatic carbocycles. The Morgan fingerprint density at radius 2 is 2.50 bits per heavy atom. The van der Waals surface area contributed by atoms with Crippen molar-refractivity contribution in [2.24, 2.45) is 11.0 Å². The first-order valence-corrected chi connectivity index (χ1v) is 6.48. The Labute approximate surface area is 99.1 Å². The molecule has 0 saturated carbocycles. The molecular formula is C12H13N2OS. The number of nitrogens with zero attached hydrogens (tertiary/aromatic N) is 1. The minimum Gasteiger partial charge on any atom is -0.309 e. The number of hydrogen-bond donors (Lipinski definition) is 1. The summed E-state index contributed by atoms with van der Waals surface area (Å²) < 4.78 is 0. The third kappa shape index (κ3) is 1.44. The molecule has 0 fully saturated rings. The van der Waals surface area contributed by atoms with Crippen molar-refractivity contribution >= 4 is 23.3 Å². The highest BCUT2D eigenvalue weighted by Crippen LogP contribution is 2.39. The summed E-state index contributed by atoms with van der Waals surface area (Å²) in [7, 11) is 0. The normalized spacial score (nSPS) is 28.1. The minimum absolute atomic E-state index is 0.151. The van der Waals surface area contributed by atoms with Crippen LogP contribution in [0.3, 0.4) is 0 Å². The molecule has 0 spiro atoms. The van der Waals surface area contributed by atoms with E-state index in [9.17, 15) is 4.79 Å². The van der Waals surface area contributed by atoms with E-state index < -0.39 is 0 Å². The fourth-order valence-corrected chi connectivity index (χ4v) is 3.54. The molecular weight excluding hydrogens is 220 g/mol. The van der Waals surface area contributed by atoms with Crippen molar-refractivity contribution in [3.63, 3.8) is 0 Å². The van der Waals surface area contributed by atoms with Crippen LogP contribution in [0.5, 0.6) is 0 Å². The minimum atomic E-state index is 0.151. The molecule has 0 bridgehead atoms. The van der Waals surface area contributed by atoms with Gasteiger partial charge in [0.05, 0.1) is 10.6 Å². The standard InChI is InChI=1S/C12H13N2OS/c1-2-7-3-9-11-8(5-13-14-11)6-16-12(9)10(15)4-7/h4,8,13H,1-3,5-6H2. The van der Waals surface area contributed by atoms with Gasteiger partial charge in [-0.2, -0.15) is 5.10 Å². The zero-order chi connectivity index (χ0) is 11.1. The molecule has 0 aromatic heterocycles. The van der Waals surface area contributed by atoms with Crippen molar-refractivity contribution in [1.82, 2.24) is 5.43 Å². The predicted molar refractivity (Wildman–Crippen MR) is 66.1 cm³/mol. The molecule has 2 aliphatic heterocycles. The van der Waals surface area contributed by atoms with Gasteiger partial charge in [-0.3, -0.25) is 4.79 Å². The Bertz CT molecular complexity index is 448. The average molecular weight is 233 g/mol. The Hall–Kier alpha value is -1.03. The van der Waals surface area contributed by atoms with E-state index in [0.29, 0.717) is 12.3 Å². The van der Waals surface area contributed by atoms with E-state index >= 15 is 0 Å². The summed E-state index contributed by atoms with van der Waals surface area (Å²) in [5.74, 6) is 1.61. The molecule has 0 amide bonds. The highest BCUT2D eigenvalue weighted by Gasteiger charge is 2.35. The maximum absolute atomic E-state index is 11.9. The number of ketones is 1. The number of rotatable bonds is 1. The van der Waals surface area contributed by atoms with E-state index in [2.05, 4.69) is 17.5 Å². The van der Waals surface area contributed by atoms with Crippen LogP contribution in [-0.4, -0.2) is 23.8 Å². The van der Waals surface area contributed by atoms with Crippen LogP contribution in [0.1, 0.15) is 12.8 Å². The highest BCUT2D eigenvalue weighted by atomic mass is 32.2. The summed E-state index contributed by atoms with van der Waals surface area (Å²) in [6.07, 6.45) is 3.31. The molecule has 3 nitrogen and oxygen atoms in total. The lowest BCUT2D eigenvalue weighted by molar-refractivity contribution is -0.110. The molecule has 1 radical (unpaired) electrons. The molecule has 2 heterocycles. The number of thioether (sulfide) groups is 1. The Morgan fingerprint density at radius 1 is 1.62 bits per heavy atom. The molecule has 3 rings (SSSR count). The smallest absolute Gasteiger partial charge is 0.192 e. The average Bonchev–Trinajstić information content (AvgIpc) is 2.77. The molecule has 1 atom stereocenters. The Kier molecular flexibility index (Phi) is 2.39. The van der Waals surface area contributed by atoms with Crippen LogP contribution in [0, 0.1) is 12.8 Å². The topological polar surface area (TPSA) is 41.5 Å². The van der Waals surface area contributed by atoms with Crippen LogP contribution >= 0.6 is 11.8 Å². The van der Waals surface area contributed by atoms with Gasteiger partial charge in [-0.25, -0.2) is 0 Å². The van der Waals surface area contributed by atoms with Gasteiger partial charge in [0.2, 0.25) is 0 Å². The molecule has 1 unspecified atom stereocenters. The van der Waals surface area contributed by atoms with Crippen LogP contribution in [0.4, 0.5) is 0 Å². The quantitative estimate of drug-likeness (QED) is 0.749. The molecule has 83 valence electrons. The van der Waals surface area contributed by atoms with Gasteiger partial charge in [0.15, 0.2) is 5.78 Å². The van der Waals surface area contributed by atoms with Gasteiger partial charge in [-0.15, -0.1) is 11.8 Å². The second-order valence-corrected chi connectivity index (χ2v) is 5.30. The summed E-state index contributed by atoms with van der Waals surface area (Å²) in [4.78, 5) is 12.8. The van der Waals surface area contributed by atoms with E-state index in [1.165, 1.54) is 0 Å². The van der Waals surface area contributed by atoms with Crippen LogP contribution in [0.2, 0.25) is 0 Å². The van der Waals surface area contributed by atoms with E-state index in [0.717, 1.165) is 40.5 Å². The van der Waals surface area contributed by atoms with E-state index in [1.54, 1.807) is 17.8 Å². The van der Waals surface area contributed by atoms with Crippen molar-refractivity contribution in [3.05, 3.63) is 29.1 Å². The van der Waals surface area contributed by atoms with Crippen molar-refractivity contribution in [1.29, 1.82) is 0 Å². The number of fused-ring (bicyclic) bond motifs is 2. The highest BCUT2D eigenvalue weighted by molar-refractivity contribution is 8.04. The summed E-state index contributed by atoms with van der Waals surface area (Å²) in [5.41, 5.74) is 6.43. The first kappa shape index (κ1) is 10.1. The lowest BCUT2D eigenvalue weighted by Gasteiger charge is -2.26. The lowest BCUT2D eigenvalue weighted by Crippen LogP contribution is -2.27. The van der Waals surface area contributed by atoms with Gasteiger partial charge in [0, 0.05) is 18.2 Å². The third-order valence-corrected chi connectivity index (χ3v) is 4.53. The second kappa shape index (κ2) is 3.77. The van der Waals surface area contributed by atoms with Crippen LogP contribution in [0.15, 0.2) is 27.2 Å². The zero-order valence-corrected chi connectivity index (χ0v) is 9.77. The van der Waals surface area contributed by atoms with Crippen molar-refractivity contribution in [2.75, 3.05) is 12.3 Å². The maximum Gasteiger partial charge on any atom is 0.192 e. The number of allylic oxidation sites excluding steroid dienone is 4. The number of carbonyl (C=O) groups is 1. The van der Waals surface area contributed by atoms with Crippen molar-refractivity contribution in [3.8, 4) is 0 Å². The Balaban J connectivity index is 2.01. The number of hydrazone groups is 1. The Morgan fingerprint density at radius 3 is 3.31 bits per heavy atom. The molecule has 3 aliphatic rings. The first-order chi connectivity index (χ1) is 7.79. The molecule has 1 N–H and O–H groups in total. The van der Waals surface area contributed by atoms with Gasteiger partial charge in [-0.1, -0.05) is 5.57 Å². The monoisotopic (exact) mass is 233 g/mol. The number of carbonyl (C=O) groups excluding carboxylic acids is 1. The van der Waals surface area contributed by atoms with Gasteiger partial charge >= 0.3 is 0 Å². The van der Waals surface area contributed by atoms with E-state index in [4.69, 9.17) is 0 Å². The van der Waals surface area contributed by atoms with E-state index in [1.807, 2.05) is 0 Å². The maximum atomic E-state index is 11.9. The molecule has 0 saturated heterocycles. The summed E-state index contributed by atoms with van der Waals surface area (Å²) in [6, 6.07) is 0. The molecule has 4 heteroatoms. The van der Waals surface area contributed by atoms with Gasteiger partial charge in [0.1, 0.15) is 0 Å². The number of nitrogens with one attached hydrogen (secondary N) is 1. The van der Waals surface area contributed by atoms with Crippen LogP contribution < -0.4 is 5.43 Å². The number of hydrogen-bond acceptors (Lipinski definition) is 4. The summed E-state index contributed by atoms with van der Waals surface area (Å²) >= 11 is 1.69. The molecule has 0 aromatic rings. The SMILES string of the molecule is [CH2]CC1=CC(=O)C2=C(C1)C1=NNCC1CS2. The van der Waals surface area contributed by atoms with Gasteiger partial charge in [0.25, 0.3) is 0 Å². The zero-order valence-electron chi connectivity index (χ0n) is 8.95. The second-order valence-electron chi connectivity index (χ2n) is 4.27. The fraction of sp³-hybridized carbons (Fsp3) is 0.417. The largest absolute Gasteiger partial charge is 0.309 e. The van der Waals surface area contributed by atoms with Gasteiger partial charge in [-0.05, 0) is 31.4 Å². The van der Waals surface area contributed by atoms with Crippen molar-refractivity contribution < 1.29 is 4.79 Å². The van der Waals surface area contributed by atoms with Gasteiger partial charge < -0.3 is 5.43 Å². The lowest BCUT2D eigenvalue weighted by atomic mass is 9.88. The summed E-state index contributed by atoms with van der Waals surface area (Å²) in [5, 5.41) is 4.34.